The summed E-state index contributed by atoms with van der Waals surface area (Å²) in [7, 11) is 0. The first-order chi connectivity index (χ1) is 16.3. The summed E-state index contributed by atoms with van der Waals surface area (Å²) in [5.74, 6) is 0.928. The van der Waals surface area contributed by atoms with Gasteiger partial charge in [0.2, 0.25) is 0 Å². The molecule has 0 radical (unpaired) electrons. The fourth-order valence-electron chi connectivity index (χ4n) is 3.76. The van der Waals surface area contributed by atoms with Gasteiger partial charge in [0.25, 0.3) is 5.91 Å². The smallest absolute Gasteiger partial charge is 0.278 e. The highest BCUT2D eigenvalue weighted by atomic mass is 35.5. The van der Waals surface area contributed by atoms with Gasteiger partial charge in [0, 0.05) is 5.02 Å². The first-order valence-corrected chi connectivity index (χ1v) is 11.4. The van der Waals surface area contributed by atoms with Gasteiger partial charge in [-0.2, -0.15) is 5.10 Å². The van der Waals surface area contributed by atoms with Gasteiger partial charge < -0.3 is 14.6 Å². The number of hydrogen-bond acceptors (Lipinski definition) is 5. The van der Waals surface area contributed by atoms with Gasteiger partial charge in [0.1, 0.15) is 18.1 Å². The van der Waals surface area contributed by atoms with E-state index < -0.39 is 0 Å². The minimum absolute atomic E-state index is 0.173. The van der Waals surface area contributed by atoms with Crippen LogP contribution < -0.4 is 10.1 Å². The summed E-state index contributed by atoms with van der Waals surface area (Å²) in [5, 5.41) is 12.2. The first kappa shape index (κ1) is 23.6. The normalized spacial score (nSPS) is 11.0. The minimum Gasteiger partial charge on any atom is -0.488 e. The fraction of sp³-hybridized carbons (Fsp3) is 0.269. The lowest BCUT2D eigenvalue weighted by atomic mass is 10.1. The molecule has 1 N–H and O–H groups in total. The molecule has 176 valence electrons. The van der Waals surface area contributed by atoms with Crippen LogP contribution in [0.5, 0.6) is 5.75 Å². The molecule has 0 unspecified atom stereocenters. The van der Waals surface area contributed by atoms with E-state index in [1.165, 1.54) is 0 Å². The van der Waals surface area contributed by atoms with Crippen molar-refractivity contribution < 1.29 is 14.1 Å². The van der Waals surface area contributed by atoms with Crippen molar-refractivity contribution in [3.05, 3.63) is 92.6 Å². The fourth-order valence-corrected chi connectivity index (χ4v) is 3.96. The van der Waals surface area contributed by atoms with Gasteiger partial charge >= 0.3 is 0 Å². The average Bonchev–Trinajstić information content (AvgIpc) is 3.30. The Morgan fingerprint density at radius 2 is 1.85 bits per heavy atom. The summed E-state index contributed by atoms with van der Waals surface area (Å²) in [5.41, 5.74) is 6.10. The van der Waals surface area contributed by atoms with E-state index >= 15 is 0 Å². The lowest BCUT2D eigenvalue weighted by Gasteiger charge is -2.11. The largest absolute Gasteiger partial charge is 0.488 e. The number of anilines is 1. The van der Waals surface area contributed by atoms with Crippen LogP contribution in [0, 0.1) is 34.6 Å². The predicted molar refractivity (Wildman–Crippen MR) is 132 cm³/mol. The molecule has 0 aliphatic heterocycles. The van der Waals surface area contributed by atoms with Crippen molar-refractivity contribution in [2.75, 3.05) is 5.32 Å². The topological polar surface area (TPSA) is 82.2 Å². The minimum atomic E-state index is -0.375. The van der Waals surface area contributed by atoms with Crippen molar-refractivity contribution in [2.45, 2.75) is 47.8 Å². The van der Waals surface area contributed by atoms with Gasteiger partial charge in [0.15, 0.2) is 5.69 Å². The molecule has 7 nitrogen and oxygen atoms in total. The van der Waals surface area contributed by atoms with E-state index in [4.69, 9.17) is 20.9 Å². The molecule has 0 fully saturated rings. The Kier molecular flexibility index (Phi) is 6.75. The number of halogens is 1. The lowest BCUT2D eigenvalue weighted by molar-refractivity contribution is 0.101. The molecule has 0 bridgehead atoms. The van der Waals surface area contributed by atoms with Crippen LogP contribution in [0.25, 0.3) is 0 Å². The van der Waals surface area contributed by atoms with Crippen molar-refractivity contribution >= 4 is 23.2 Å². The quantitative estimate of drug-likeness (QED) is 0.355. The molecule has 2 aromatic heterocycles. The number of hydrogen-bond donors (Lipinski definition) is 1. The number of aromatic nitrogens is 3. The summed E-state index contributed by atoms with van der Waals surface area (Å²) < 4.78 is 13.2. The molecule has 2 aromatic carbocycles. The zero-order chi connectivity index (χ0) is 24.4. The third-order valence-electron chi connectivity index (χ3n) is 6.02. The van der Waals surface area contributed by atoms with Crippen LogP contribution in [0.4, 0.5) is 5.69 Å². The van der Waals surface area contributed by atoms with E-state index in [-0.39, 0.29) is 18.2 Å². The Hall–Kier alpha value is -3.58. The van der Waals surface area contributed by atoms with Gasteiger partial charge in [-0.1, -0.05) is 47.1 Å². The van der Waals surface area contributed by atoms with E-state index in [2.05, 4.69) is 15.6 Å². The Labute approximate surface area is 203 Å². The molecule has 1 amide bonds. The van der Waals surface area contributed by atoms with Crippen LogP contribution >= 0.6 is 11.6 Å². The molecule has 0 saturated heterocycles. The standard InChI is InChI=1S/C26H27ClN4O3/c1-15-9-8-12-23(16(15)2)33-14-21-19(5)34-30-25(21)26(32)28-24-17(3)29-31(18(24)4)13-20-10-6-7-11-22(20)27/h6-12H,13-14H2,1-5H3,(H,28,32). The highest BCUT2D eigenvalue weighted by Crippen LogP contribution is 2.26. The second kappa shape index (κ2) is 9.73. The van der Waals surface area contributed by atoms with Gasteiger partial charge in [-0.05, 0) is 63.4 Å². The third kappa shape index (κ3) is 4.70. The number of amides is 1. The molecule has 4 aromatic rings. The molecular formula is C26H27ClN4O3. The third-order valence-corrected chi connectivity index (χ3v) is 6.39. The number of ether oxygens (including phenoxy) is 1. The Morgan fingerprint density at radius 1 is 1.09 bits per heavy atom. The van der Waals surface area contributed by atoms with E-state index in [9.17, 15) is 4.79 Å². The zero-order valence-electron chi connectivity index (χ0n) is 19.9. The molecule has 34 heavy (non-hydrogen) atoms. The summed E-state index contributed by atoms with van der Waals surface area (Å²) in [6, 6.07) is 13.5. The van der Waals surface area contributed by atoms with Crippen LogP contribution in [0.2, 0.25) is 5.02 Å². The number of carbonyl (C=O) groups excluding carboxylic acids is 1. The molecule has 0 spiro atoms. The van der Waals surface area contributed by atoms with Crippen LogP contribution in [-0.4, -0.2) is 20.8 Å². The van der Waals surface area contributed by atoms with Crippen LogP contribution in [-0.2, 0) is 13.2 Å². The maximum atomic E-state index is 13.2. The van der Waals surface area contributed by atoms with Crippen molar-refractivity contribution in [3.63, 3.8) is 0 Å². The Morgan fingerprint density at radius 3 is 2.62 bits per heavy atom. The Balaban J connectivity index is 1.53. The molecule has 0 aliphatic carbocycles. The Bertz CT molecular complexity index is 1360. The van der Waals surface area contributed by atoms with E-state index in [0.29, 0.717) is 34.3 Å². The van der Waals surface area contributed by atoms with Crippen molar-refractivity contribution in [3.8, 4) is 5.75 Å². The number of nitrogens with one attached hydrogen (secondary N) is 1. The number of aryl methyl sites for hydroxylation is 3. The highest BCUT2D eigenvalue weighted by Gasteiger charge is 2.23. The van der Waals surface area contributed by atoms with Gasteiger partial charge in [0.05, 0.1) is 29.2 Å². The summed E-state index contributed by atoms with van der Waals surface area (Å²) in [6.07, 6.45) is 0. The summed E-state index contributed by atoms with van der Waals surface area (Å²) in [6.45, 7) is 10.2. The number of carbonyl (C=O) groups is 1. The molecule has 0 aliphatic rings. The SMILES string of the molecule is Cc1cccc(OCc2c(C(=O)Nc3c(C)nn(Cc4ccccc4Cl)c3C)noc2C)c1C. The second-order valence-electron chi connectivity index (χ2n) is 8.30. The van der Waals surface area contributed by atoms with Crippen molar-refractivity contribution in [1.82, 2.24) is 14.9 Å². The molecule has 0 atom stereocenters. The van der Waals surface area contributed by atoms with Crippen LogP contribution in [0.3, 0.4) is 0 Å². The molecule has 2 heterocycles. The highest BCUT2D eigenvalue weighted by molar-refractivity contribution is 6.31. The van der Waals surface area contributed by atoms with E-state index in [0.717, 1.165) is 28.1 Å². The summed E-state index contributed by atoms with van der Waals surface area (Å²) in [4.78, 5) is 13.2. The van der Waals surface area contributed by atoms with Crippen molar-refractivity contribution in [1.29, 1.82) is 0 Å². The van der Waals surface area contributed by atoms with Crippen molar-refractivity contribution in [2.24, 2.45) is 0 Å². The van der Waals surface area contributed by atoms with Gasteiger partial charge in [-0.15, -0.1) is 0 Å². The lowest BCUT2D eigenvalue weighted by Crippen LogP contribution is -2.16. The predicted octanol–water partition coefficient (Wildman–Crippen LogP) is 5.95. The van der Waals surface area contributed by atoms with E-state index in [1.807, 2.05) is 74.8 Å². The number of nitrogens with zero attached hydrogens (tertiary/aromatic N) is 3. The molecular weight excluding hydrogens is 452 g/mol. The zero-order valence-corrected chi connectivity index (χ0v) is 20.7. The second-order valence-corrected chi connectivity index (χ2v) is 8.71. The maximum Gasteiger partial charge on any atom is 0.278 e. The molecule has 0 saturated carbocycles. The summed E-state index contributed by atoms with van der Waals surface area (Å²) >= 11 is 6.31. The molecule has 4 rings (SSSR count). The number of rotatable bonds is 7. The maximum absolute atomic E-state index is 13.2. The van der Waals surface area contributed by atoms with Gasteiger partial charge in [-0.3, -0.25) is 9.48 Å². The first-order valence-electron chi connectivity index (χ1n) is 11.0. The monoisotopic (exact) mass is 478 g/mol. The van der Waals surface area contributed by atoms with Gasteiger partial charge in [-0.25, -0.2) is 0 Å². The van der Waals surface area contributed by atoms with Crippen LogP contribution in [0.15, 0.2) is 47.0 Å². The average molecular weight is 479 g/mol. The molecule has 8 heteroatoms. The van der Waals surface area contributed by atoms with E-state index in [1.54, 1.807) is 6.92 Å². The van der Waals surface area contributed by atoms with Crippen LogP contribution in [0.1, 0.15) is 49.9 Å². The number of benzene rings is 2.